The average Bonchev–Trinajstić information content (AvgIpc) is 3.92. The standard InChI is InChI=1S/C58H37NO2/c1-2-11-38(12-3-1)43-14-8-15-44(37-43)39-23-30-45(31-24-39)59(46-32-25-41(26-33-46)48-18-9-21-54-56(48)51-17-6-7-20-53(51)60-54)47-34-27-42(28-35-47)49-19-10-22-55-57(49)52-36-29-40-13-4-5-16-50(40)58(52)61-55/h1-37H. The lowest BCUT2D eigenvalue weighted by Gasteiger charge is -2.26. The number of rotatable bonds is 7. The Bertz CT molecular complexity index is 3560. The SMILES string of the molecule is c1ccc(-c2cccc(-c3ccc(N(c4ccc(-c5cccc6oc7ccccc7c56)cc4)c4ccc(-c5cccc6oc7c8ccccc8ccc7c56)cc4)cc3)c2)cc1. The summed E-state index contributed by atoms with van der Waals surface area (Å²) in [7, 11) is 0. The molecule has 3 nitrogen and oxygen atoms in total. The van der Waals surface area contributed by atoms with Crippen LogP contribution in [0.25, 0.3) is 99.2 Å². The molecular formula is C58H37NO2. The molecule has 0 atom stereocenters. The van der Waals surface area contributed by atoms with Crippen LogP contribution in [0.3, 0.4) is 0 Å². The van der Waals surface area contributed by atoms with Gasteiger partial charge in [-0.2, -0.15) is 0 Å². The molecule has 0 fully saturated rings. The summed E-state index contributed by atoms with van der Waals surface area (Å²) in [4.78, 5) is 2.34. The number of benzene rings is 10. The average molecular weight is 780 g/mol. The molecule has 0 bridgehead atoms. The first-order valence-electron chi connectivity index (χ1n) is 20.7. The highest BCUT2D eigenvalue weighted by atomic mass is 16.3. The van der Waals surface area contributed by atoms with Crippen molar-refractivity contribution < 1.29 is 8.83 Å². The Hall–Kier alpha value is -8.14. The summed E-state index contributed by atoms with van der Waals surface area (Å²) in [6.45, 7) is 0. The first kappa shape index (κ1) is 34.9. The van der Waals surface area contributed by atoms with Crippen LogP contribution in [0.4, 0.5) is 17.1 Å². The van der Waals surface area contributed by atoms with E-state index in [0.717, 1.165) is 88.6 Å². The van der Waals surface area contributed by atoms with Gasteiger partial charge < -0.3 is 13.7 Å². The molecule has 0 unspecified atom stereocenters. The largest absolute Gasteiger partial charge is 0.456 e. The highest BCUT2D eigenvalue weighted by Crippen LogP contribution is 2.43. The zero-order chi connectivity index (χ0) is 40.3. The summed E-state index contributed by atoms with van der Waals surface area (Å²) in [6, 6.07) is 79.9. The van der Waals surface area contributed by atoms with Crippen molar-refractivity contribution in [3.05, 3.63) is 224 Å². The first-order chi connectivity index (χ1) is 30.2. The normalized spacial score (nSPS) is 11.6. The van der Waals surface area contributed by atoms with Crippen molar-refractivity contribution in [2.75, 3.05) is 4.90 Å². The number of nitrogens with zero attached hydrogens (tertiary/aromatic N) is 1. The Kier molecular flexibility index (Phi) is 8.17. The molecule has 12 aromatic rings. The van der Waals surface area contributed by atoms with E-state index >= 15 is 0 Å². The number of hydrogen-bond donors (Lipinski definition) is 0. The second-order valence-corrected chi connectivity index (χ2v) is 15.6. The molecule has 10 aromatic carbocycles. The van der Waals surface area contributed by atoms with Crippen LogP contribution in [0, 0.1) is 0 Å². The molecule has 0 amide bonds. The Balaban J connectivity index is 0.949. The third-order valence-electron chi connectivity index (χ3n) is 12.1. The lowest BCUT2D eigenvalue weighted by Crippen LogP contribution is -2.09. The molecule has 0 saturated carbocycles. The van der Waals surface area contributed by atoms with E-state index < -0.39 is 0 Å². The molecular weight excluding hydrogens is 743 g/mol. The predicted octanol–water partition coefficient (Wildman–Crippen LogP) is 16.8. The quantitative estimate of drug-likeness (QED) is 0.161. The van der Waals surface area contributed by atoms with Gasteiger partial charge in [-0.05, 0) is 117 Å². The first-order valence-corrected chi connectivity index (χ1v) is 20.7. The number of para-hydroxylation sites is 1. The van der Waals surface area contributed by atoms with Crippen LogP contribution in [0.15, 0.2) is 233 Å². The van der Waals surface area contributed by atoms with E-state index in [1.165, 1.54) is 27.6 Å². The Labute approximate surface area is 353 Å². The molecule has 2 aromatic heterocycles. The minimum Gasteiger partial charge on any atom is -0.456 e. The van der Waals surface area contributed by atoms with Crippen molar-refractivity contribution in [2.24, 2.45) is 0 Å². The van der Waals surface area contributed by atoms with Gasteiger partial charge in [0, 0.05) is 44.0 Å². The van der Waals surface area contributed by atoms with E-state index in [0.29, 0.717) is 0 Å². The smallest absolute Gasteiger partial charge is 0.143 e. The molecule has 0 radical (unpaired) electrons. The molecule has 61 heavy (non-hydrogen) atoms. The van der Waals surface area contributed by atoms with Gasteiger partial charge in [-0.15, -0.1) is 0 Å². The predicted molar refractivity (Wildman–Crippen MR) is 255 cm³/mol. The second kappa shape index (κ2) is 14.3. The number of hydrogen-bond acceptors (Lipinski definition) is 3. The fourth-order valence-electron chi connectivity index (χ4n) is 9.15. The lowest BCUT2D eigenvalue weighted by atomic mass is 9.97. The van der Waals surface area contributed by atoms with Crippen LogP contribution >= 0.6 is 0 Å². The van der Waals surface area contributed by atoms with E-state index in [1.807, 2.05) is 12.1 Å². The Morgan fingerprint density at radius 1 is 0.279 bits per heavy atom. The van der Waals surface area contributed by atoms with Crippen LogP contribution in [0.5, 0.6) is 0 Å². The lowest BCUT2D eigenvalue weighted by molar-refractivity contribution is 0.669. The van der Waals surface area contributed by atoms with Crippen molar-refractivity contribution in [3.8, 4) is 44.5 Å². The molecule has 0 aliphatic rings. The summed E-state index contributed by atoms with van der Waals surface area (Å²) in [5.74, 6) is 0. The molecule has 0 aliphatic heterocycles. The van der Waals surface area contributed by atoms with Crippen LogP contribution < -0.4 is 4.90 Å². The Morgan fingerprint density at radius 3 is 1.41 bits per heavy atom. The van der Waals surface area contributed by atoms with Gasteiger partial charge in [0.25, 0.3) is 0 Å². The number of anilines is 3. The maximum atomic E-state index is 6.54. The number of fused-ring (bicyclic) bond motifs is 8. The van der Waals surface area contributed by atoms with Gasteiger partial charge in [0.2, 0.25) is 0 Å². The molecule has 0 aliphatic carbocycles. The van der Waals surface area contributed by atoms with Gasteiger partial charge in [-0.3, -0.25) is 0 Å². The van der Waals surface area contributed by atoms with Gasteiger partial charge in [-0.1, -0.05) is 158 Å². The third kappa shape index (κ3) is 5.98. The topological polar surface area (TPSA) is 29.5 Å². The number of furan rings is 2. The van der Waals surface area contributed by atoms with Gasteiger partial charge in [0.1, 0.15) is 22.3 Å². The van der Waals surface area contributed by atoms with Crippen molar-refractivity contribution in [2.45, 2.75) is 0 Å². The third-order valence-corrected chi connectivity index (χ3v) is 12.1. The van der Waals surface area contributed by atoms with Crippen molar-refractivity contribution in [1.82, 2.24) is 0 Å². The molecule has 3 heteroatoms. The summed E-state index contributed by atoms with van der Waals surface area (Å²) in [5.41, 5.74) is 16.2. The van der Waals surface area contributed by atoms with Crippen molar-refractivity contribution >= 4 is 71.7 Å². The van der Waals surface area contributed by atoms with Crippen LogP contribution in [-0.2, 0) is 0 Å². The fourth-order valence-corrected chi connectivity index (χ4v) is 9.15. The minimum absolute atomic E-state index is 0.892. The zero-order valence-electron chi connectivity index (χ0n) is 33.1. The van der Waals surface area contributed by atoms with Crippen molar-refractivity contribution in [1.29, 1.82) is 0 Å². The van der Waals surface area contributed by atoms with E-state index in [-0.39, 0.29) is 0 Å². The summed E-state index contributed by atoms with van der Waals surface area (Å²) < 4.78 is 12.8. The second-order valence-electron chi connectivity index (χ2n) is 15.6. The monoisotopic (exact) mass is 779 g/mol. The molecule has 12 rings (SSSR count). The molecule has 286 valence electrons. The zero-order valence-corrected chi connectivity index (χ0v) is 33.1. The van der Waals surface area contributed by atoms with Gasteiger partial charge in [0.05, 0.1) is 0 Å². The molecule has 0 N–H and O–H groups in total. The highest BCUT2D eigenvalue weighted by molar-refractivity contribution is 6.19. The van der Waals surface area contributed by atoms with Gasteiger partial charge in [-0.25, -0.2) is 0 Å². The van der Waals surface area contributed by atoms with Crippen LogP contribution in [0.2, 0.25) is 0 Å². The minimum atomic E-state index is 0.892. The van der Waals surface area contributed by atoms with E-state index in [2.05, 4.69) is 217 Å². The van der Waals surface area contributed by atoms with E-state index in [4.69, 9.17) is 8.83 Å². The van der Waals surface area contributed by atoms with Crippen molar-refractivity contribution in [3.63, 3.8) is 0 Å². The molecule has 0 spiro atoms. The summed E-state index contributed by atoms with van der Waals surface area (Å²) >= 11 is 0. The molecule has 2 heterocycles. The summed E-state index contributed by atoms with van der Waals surface area (Å²) in [6.07, 6.45) is 0. The maximum Gasteiger partial charge on any atom is 0.143 e. The van der Waals surface area contributed by atoms with Crippen LogP contribution in [0.1, 0.15) is 0 Å². The van der Waals surface area contributed by atoms with Crippen LogP contribution in [-0.4, -0.2) is 0 Å². The maximum absolute atomic E-state index is 6.54. The van der Waals surface area contributed by atoms with E-state index in [1.54, 1.807) is 0 Å². The molecule has 0 saturated heterocycles. The Morgan fingerprint density at radius 2 is 0.754 bits per heavy atom. The summed E-state index contributed by atoms with van der Waals surface area (Å²) in [5, 5.41) is 6.83. The fraction of sp³-hybridized carbons (Fsp3) is 0. The van der Waals surface area contributed by atoms with E-state index in [9.17, 15) is 0 Å². The van der Waals surface area contributed by atoms with Gasteiger partial charge in [0.15, 0.2) is 0 Å². The van der Waals surface area contributed by atoms with Gasteiger partial charge >= 0.3 is 0 Å². The highest BCUT2D eigenvalue weighted by Gasteiger charge is 2.18.